The molecule has 0 heterocycles. The Morgan fingerprint density at radius 1 is 0.923 bits per heavy atom. The predicted octanol–water partition coefficient (Wildman–Crippen LogP) is 0.129. The van der Waals surface area contributed by atoms with Crippen molar-refractivity contribution < 1.29 is 23.8 Å². The first-order valence-corrected chi connectivity index (χ1v) is 4.14. The Balaban J connectivity index is 3.44. The summed E-state index contributed by atoms with van der Waals surface area (Å²) in [7, 11) is 0. The van der Waals surface area contributed by atoms with Crippen molar-refractivity contribution in [3.63, 3.8) is 0 Å². The van der Waals surface area contributed by atoms with E-state index >= 15 is 0 Å². The van der Waals surface area contributed by atoms with Crippen LogP contribution in [0.3, 0.4) is 0 Å². The molecule has 5 nitrogen and oxygen atoms in total. The van der Waals surface area contributed by atoms with E-state index in [0.717, 1.165) is 0 Å². The van der Waals surface area contributed by atoms with Gasteiger partial charge in [0, 0.05) is 6.61 Å². The van der Waals surface area contributed by atoms with Crippen molar-refractivity contribution in [2.75, 3.05) is 26.4 Å². The molecule has 0 radical (unpaired) electrons. The maximum absolute atomic E-state index is 10.7. The highest BCUT2D eigenvalue weighted by atomic mass is 16.6. The summed E-state index contributed by atoms with van der Waals surface area (Å²) in [6.45, 7) is 4.53. The first-order valence-electron chi connectivity index (χ1n) is 4.14. The first-order chi connectivity index (χ1) is 6.22. The smallest absolute Gasteiger partial charge is 0.417 e. The molecule has 0 bridgehead atoms. The second-order valence-corrected chi connectivity index (χ2v) is 2.05. The van der Waals surface area contributed by atoms with E-state index in [9.17, 15) is 9.59 Å². The number of rotatable bonds is 5. The molecule has 0 amide bonds. The van der Waals surface area contributed by atoms with Gasteiger partial charge in [0.05, 0.1) is 13.2 Å². The molecule has 0 atom stereocenters. The zero-order valence-electron chi connectivity index (χ0n) is 7.87. The highest BCUT2D eigenvalue weighted by molar-refractivity contribution is 6.29. The van der Waals surface area contributed by atoms with Gasteiger partial charge in [-0.1, -0.05) is 0 Å². The number of ether oxygens (including phenoxy) is 3. The van der Waals surface area contributed by atoms with Crippen molar-refractivity contribution in [1.82, 2.24) is 0 Å². The molecule has 0 aliphatic carbocycles. The summed E-state index contributed by atoms with van der Waals surface area (Å²) in [6.07, 6.45) is 0. The second kappa shape index (κ2) is 7.54. The van der Waals surface area contributed by atoms with Gasteiger partial charge in [-0.15, -0.1) is 0 Å². The van der Waals surface area contributed by atoms with Gasteiger partial charge in [-0.25, -0.2) is 9.59 Å². The maximum atomic E-state index is 10.7. The molecular formula is C8H14O5. The Morgan fingerprint density at radius 2 is 1.54 bits per heavy atom. The molecule has 0 aromatic carbocycles. The van der Waals surface area contributed by atoms with Gasteiger partial charge in [0.25, 0.3) is 0 Å². The predicted molar refractivity (Wildman–Crippen MR) is 44.1 cm³/mol. The van der Waals surface area contributed by atoms with E-state index < -0.39 is 11.9 Å². The Morgan fingerprint density at radius 3 is 2.08 bits per heavy atom. The van der Waals surface area contributed by atoms with E-state index in [1.54, 1.807) is 6.92 Å². The Bertz CT molecular complexity index is 166. The van der Waals surface area contributed by atoms with Gasteiger partial charge in [-0.05, 0) is 13.8 Å². The van der Waals surface area contributed by atoms with E-state index in [1.807, 2.05) is 6.92 Å². The summed E-state index contributed by atoms with van der Waals surface area (Å²) < 4.78 is 13.8. The largest absolute Gasteiger partial charge is 0.458 e. The Hall–Kier alpha value is -1.10. The fraction of sp³-hybridized carbons (Fsp3) is 0.750. The van der Waals surface area contributed by atoms with Gasteiger partial charge < -0.3 is 14.2 Å². The van der Waals surface area contributed by atoms with Gasteiger partial charge >= 0.3 is 11.9 Å². The summed E-state index contributed by atoms with van der Waals surface area (Å²) in [4.78, 5) is 21.4. The Labute approximate surface area is 77.0 Å². The fourth-order valence-electron chi connectivity index (χ4n) is 0.587. The minimum absolute atomic E-state index is 0.0749. The number of esters is 2. The molecule has 76 valence electrons. The Kier molecular flexibility index (Phi) is 6.91. The van der Waals surface area contributed by atoms with Gasteiger partial charge in [0.15, 0.2) is 0 Å². The van der Waals surface area contributed by atoms with Gasteiger partial charge in [0.1, 0.15) is 6.61 Å². The minimum Gasteiger partial charge on any atom is -0.458 e. The maximum Gasteiger partial charge on any atom is 0.417 e. The highest BCUT2D eigenvalue weighted by Gasteiger charge is 2.15. The fourth-order valence-corrected chi connectivity index (χ4v) is 0.587. The van der Waals surface area contributed by atoms with Crippen LogP contribution in [0, 0.1) is 0 Å². The topological polar surface area (TPSA) is 61.8 Å². The molecule has 0 fully saturated rings. The summed E-state index contributed by atoms with van der Waals surface area (Å²) in [5.41, 5.74) is 0. The van der Waals surface area contributed by atoms with Crippen molar-refractivity contribution in [3.8, 4) is 0 Å². The van der Waals surface area contributed by atoms with Crippen molar-refractivity contribution in [2.24, 2.45) is 0 Å². The van der Waals surface area contributed by atoms with Gasteiger partial charge in [-0.3, -0.25) is 0 Å². The van der Waals surface area contributed by atoms with Crippen molar-refractivity contribution >= 4 is 11.9 Å². The molecular weight excluding hydrogens is 176 g/mol. The lowest BCUT2D eigenvalue weighted by Gasteiger charge is -2.03. The van der Waals surface area contributed by atoms with E-state index in [4.69, 9.17) is 4.74 Å². The van der Waals surface area contributed by atoms with Crippen molar-refractivity contribution in [1.29, 1.82) is 0 Å². The summed E-state index contributed by atoms with van der Waals surface area (Å²) in [5.74, 6) is -1.93. The van der Waals surface area contributed by atoms with E-state index in [-0.39, 0.29) is 13.2 Å². The average molecular weight is 190 g/mol. The number of carbonyl (C=O) groups excluding carboxylic acids is 2. The van der Waals surface area contributed by atoms with Crippen LogP contribution in [-0.4, -0.2) is 38.4 Å². The monoisotopic (exact) mass is 190 g/mol. The lowest BCUT2D eigenvalue weighted by Crippen LogP contribution is -2.22. The van der Waals surface area contributed by atoms with Crippen LogP contribution in [0.15, 0.2) is 0 Å². The van der Waals surface area contributed by atoms with Gasteiger partial charge in [0.2, 0.25) is 0 Å². The molecule has 0 rings (SSSR count). The van der Waals surface area contributed by atoms with Gasteiger partial charge in [-0.2, -0.15) is 0 Å². The summed E-state index contributed by atoms with van der Waals surface area (Å²) >= 11 is 0. The van der Waals surface area contributed by atoms with Crippen LogP contribution in [0.2, 0.25) is 0 Å². The molecule has 13 heavy (non-hydrogen) atoms. The molecule has 0 N–H and O–H groups in total. The van der Waals surface area contributed by atoms with E-state index in [2.05, 4.69) is 9.47 Å². The quantitative estimate of drug-likeness (QED) is 0.350. The molecule has 0 spiro atoms. The van der Waals surface area contributed by atoms with Crippen molar-refractivity contribution in [3.05, 3.63) is 0 Å². The van der Waals surface area contributed by atoms with Crippen LogP contribution in [0.4, 0.5) is 0 Å². The molecule has 0 unspecified atom stereocenters. The minimum atomic E-state index is -0.971. The van der Waals surface area contributed by atoms with Crippen LogP contribution in [0.1, 0.15) is 13.8 Å². The van der Waals surface area contributed by atoms with E-state index in [0.29, 0.717) is 13.2 Å². The molecule has 0 saturated carbocycles. The van der Waals surface area contributed by atoms with Crippen LogP contribution < -0.4 is 0 Å². The molecule has 0 aromatic heterocycles. The average Bonchev–Trinajstić information content (AvgIpc) is 2.12. The van der Waals surface area contributed by atoms with Crippen molar-refractivity contribution in [2.45, 2.75) is 13.8 Å². The number of hydrogen-bond donors (Lipinski definition) is 0. The summed E-state index contributed by atoms with van der Waals surface area (Å²) in [5, 5.41) is 0. The van der Waals surface area contributed by atoms with Crippen LogP contribution in [0.25, 0.3) is 0 Å². The number of hydrogen-bond acceptors (Lipinski definition) is 5. The zero-order valence-corrected chi connectivity index (χ0v) is 7.87. The third-order valence-corrected chi connectivity index (χ3v) is 1.11. The first kappa shape index (κ1) is 11.9. The summed E-state index contributed by atoms with van der Waals surface area (Å²) in [6, 6.07) is 0. The normalized spacial score (nSPS) is 9.38. The standard InChI is InChI=1S/C8H14O5/c1-3-11-5-6-13-8(10)7(9)12-4-2/h3-6H2,1-2H3. The number of carbonyl (C=O) groups is 2. The molecule has 5 heteroatoms. The van der Waals surface area contributed by atoms with Crippen LogP contribution in [-0.2, 0) is 23.8 Å². The molecule has 0 aliphatic rings. The van der Waals surface area contributed by atoms with Crippen LogP contribution in [0.5, 0.6) is 0 Å². The third-order valence-electron chi connectivity index (χ3n) is 1.11. The highest BCUT2D eigenvalue weighted by Crippen LogP contribution is 1.85. The SMILES string of the molecule is CCOCCOC(=O)C(=O)OCC. The second-order valence-electron chi connectivity index (χ2n) is 2.05. The third kappa shape index (κ3) is 6.10. The molecule has 0 aromatic rings. The van der Waals surface area contributed by atoms with Crippen LogP contribution >= 0.6 is 0 Å². The molecule has 0 saturated heterocycles. The lowest BCUT2D eigenvalue weighted by atomic mass is 10.6. The lowest BCUT2D eigenvalue weighted by molar-refractivity contribution is -0.168. The van der Waals surface area contributed by atoms with E-state index in [1.165, 1.54) is 0 Å². The molecule has 0 aliphatic heterocycles. The zero-order chi connectivity index (χ0) is 10.1.